The lowest BCUT2D eigenvalue weighted by atomic mass is 10.1. The van der Waals surface area contributed by atoms with E-state index in [2.05, 4.69) is 15.6 Å². The van der Waals surface area contributed by atoms with Gasteiger partial charge in [0.25, 0.3) is 5.91 Å². The molecule has 2 heterocycles. The smallest absolute Gasteiger partial charge is 0.255 e. The summed E-state index contributed by atoms with van der Waals surface area (Å²) in [5.41, 5.74) is 6.30. The molecule has 0 aliphatic carbocycles. The Morgan fingerprint density at radius 3 is 2.36 bits per heavy atom. The number of hydrogen-bond donors (Lipinski definition) is 2. The van der Waals surface area contributed by atoms with Gasteiger partial charge in [0.05, 0.1) is 17.8 Å². The van der Waals surface area contributed by atoms with Gasteiger partial charge in [0.2, 0.25) is 11.9 Å². The highest BCUT2D eigenvalue weighted by Crippen LogP contribution is 2.35. The molecule has 0 spiro atoms. The Morgan fingerprint density at radius 2 is 1.64 bits per heavy atom. The van der Waals surface area contributed by atoms with Crippen molar-refractivity contribution in [3.63, 3.8) is 0 Å². The number of carbonyl (C=O) groups excluding carboxylic acids is 2. The highest BCUT2D eigenvalue weighted by atomic mass is 16.2. The number of aromatic nitrogens is 2. The summed E-state index contributed by atoms with van der Waals surface area (Å²) in [7, 11) is 5.71. The molecule has 0 saturated heterocycles. The summed E-state index contributed by atoms with van der Waals surface area (Å²) < 4.78 is 0. The van der Waals surface area contributed by atoms with Crippen molar-refractivity contribution >= 4 is 40.5 Å². The van der Waals surface area contributed by atoms with E-state index in [-0.39, 0.29) is 18.2 Å². The minimum Gasteiger partial charge on any atom is -0.378 e. The summed E-state index contributed by atoms with van der Waals surface area (Å²) in [6.45, 7) is 0. The molecule has 2 amide bonds. The SMILES string of the molecule is CN(C)c1ccc(NC(=O)c2ccc(Nc3ncc4c(n3)-c3ccccc3N(C)C(=O)C4)cc2)cc1. The zero-order valence-electron chi connectivity index (χ0n) is 20.3. The quantitative estimate of drug-likeness (QED) is 0.431. The third-order valence-electron chi connectivity index (χ3n) is 6.15. The number of likely N-dealkylation sites (N-methyl/N-ethyl adjacent to an activating group) is 1. The second-order valence-corrected chi connectivity index (χ2v) is 8.81. The van der Waals surface area contributed by atoms with Gasteiger partial charge in [-0.2, -0.15) is 0 Å². The Hall–Kier alpha value is -4.72. The Kier molecular flexibility index (Phi) is 6.08. The number of carbonyl (C=O) groups is 2. The van der Waals surface area contributed by atoms with Crippen LogP contribution in [0.5, 0.6) is 0 Å². The molecule has 8 heteroatoms. The van der Waals surface area contributed by atoms with Gasteiger partial charge in [-0.1, -0.05) is 18.2 Å². The molecule has 5 rings (SSSR count). The minimum absolute atomic E-state index is 0.00647. The van der Waals surface area contributed by atoms with Crippen molar-refractivity contribution in [3.8, 4) is 11.3 Å². The lowest BCUT2D eigenvalue weighted by Gasteiger charge is -2.16. The number of nitrogens with zero attached hydrogens (tertiary/aromatic N) is 4. The second-order valence-electron chi connectivity index (χ2n) is 8.81. The topological polar surface area (TPSA) is 90.5 Å². The van der Waals surface area contributed by atoms with Crippen molar-refractivity contribution < 1.29 is 9.59 Å². The first-order valence-corrected chi connectivity index (χ1v) is 11.6. The lowest BCUT2D eigenvalue weighted by Crippen LogP contribution is -2.26. The fraction of sp³-hybridized carbons (Fsp3) is 0.143. The molecule has 36 heavy (non-hydrogen) atoms. The van der Waals surface area contributed by atoms with Crippen molar-refractivity contribution in [1.82, 2.24) is 9.97 Å². The molecule has 3 aromatic carbocycles. The summed E-state index contributed by atoms with van der Waals surface area (Å²) >= 11 is 0. The summed E-state index contributed by atoms with van der Waals surface area (Å²) in [4.78, 5) is 38.1. The van der Waals surface area contributed by atoms with Crippen molar-refractivity contribution in [3.05, 3.63) is 90.1 Å². The van der Waals surface area contributed by atoms with Gasteiger partial charge < -0.3 is 20.4 Å². The van der Waals surface area contributed by atoms with Crippen LogP contribution in [-0.2, 0) is 11.2 Å². The van der Waals surface area contributed by atoms with E-state index < -0.39 is 0 Å². The number of hydrogen-bond acceptors (Lipinski definition) is 6. The van der Waals surface area contributed by atoms with E-state index >= 15 is 0 Å². The largest absolute Gasteiger partial charge is 0.378 e. The van der Waals surface area contributed by atoms with Crippen LogP contribution in [0.1, 0.15) is 15.9 Å². The van der Waals surface area contributed by atoms with E-state index in [4.69, 9.17) is 4.98 Å². The third kappa shape index (κ3) is 4.61. The van der Waals surface area contributed by atoms with Crippen LogP contribution in [0, 0.1) is 0 Å². The van der Waals surface area contributed by atoms with Gasteiger partial charge in [-0.25, -0.2) is 9.97 Å². The van der Waals surface area contributed by atoms with Crippen LogP contribution in [0.15, 0.2) is 79.0 Å². The summed E-state index contributed by atoms with van der Waals surface area (Å²) in [6.07, 6.45) is 1.93. The fourth-order valence-electron chi connectivity index (χ4n) is 4.09. The maximum absolute atomic E-state index is 12.7. The van der Waals surface area contributed by atoms with Crippen molar-refractivity contribution in [2.45, 2.75) is 6.42 Å². The van der Waals surface area contributed by atoms with Crippen LogP contribution in [0.4, 0.5) is 28.7 Å². The molecule has 0 bridgehead atoms. The van der Waals surface area contributed by atoms with Gasteiger partial charge in [0, 0.05) is 61.1 Å². The molecule has 0 fully saturated rings. The van der Waals surface area contributed by atoms with E-state index in [9.17, 15) is 9.59 Å². The van der Waals surface area contributed by atoms with E-state index in [0.29, 0.717) is 11.5 Å². The first kappa shape index (κ1) is 23.0. The van der Waals surface area contributed by atoms with E-state index in [0.717, 1.165) is 39.6 Å². The van der Waals surface area contributed by atoms with Crippen LogP contribution < -0.4 is 20.4 Å². The van der Waals surface area contributed by atoms with Crippen molar-refractivity contribution in [2.75, 3.05) is 41.6 Å². The molecule has 2 N–H and O–H groups in total. The van der Waals surface area contributed by atoms with E-state index in [1.807, 2.05) is 79.7 Å². The fourth-order valence-corrected chi connectivity index (χ4v) is 4.09. The Bertz CT molecular complexity index is 1430. The number of anilines is 5. The Morgan fingerprint density at radius 1 is 0.944 bits per heavy atom. The number of para-hydroxylation sites is 1. The molecule has 8 nitrogen and oxygen atoms in total. The highest BCUT2D eigenvalue weighted by molar-refractivity contribution is 6.04. The molecule has 1 aromatic heterocycles. The third-order valence-corrected chi connectivity index (χ3v) is 6.15. The van der Waals surface area contributed by atoms with Crippen LogP contribution in [0.3, 0.4) is 0 Å². The number of fused-ring (bicyclic) bond motifs is 3. The molecular formula is C28H26N6O2. The molecule has 180 valence electrons. The molecule has 0 unspecified atom stereocenters. The molecule has 4 aromatic rings. The second kappa shape index (κ2) is 9.50. The summed E-state index contributed by atoms with van der Waals surface area (Å²) in [5, 5.41) is 6.12. The monoisotopic (exact) mass is 478 g/mol. The number of benzene rings is 3. The van der Waals surface area contributed by atoms with Gasteiger partial charge in [-0.15, -0.1) is 0 Å². The average molecular weight is 479 g/mol. The first-order valence-electron chi connectivity index (χ1n) is 11.6. The van der Waals surface area contributed by atoms with Gasteiger partial charge in [0.15, 0.2) is 0 Å². The molecule has 1 aliphatic rings. The van der Waals surface area contributed by atoms with Crippen molar-refractivity contribution in [2.24, 2.45) is 0 Å². The van der Waals surface area contributed by atoms with E-state index in [1.54, 1.807) is 30.3 Å². The van der Waals surface area contributed by atoms with Gasteiger partial charge in [0.1, 0.15) is 0 Å². The van der Waals surface area contributed by atoms with Gasteiger partial charge in [-0.3, -0.25) is 9.59 Å². The lowest BCUT2D eigenvalue weighted by molar-refractivity contribution is -0.117. The summed E-state index contributed by atoms with van der Waals surface area (Å²) in [6, 6.07) is 22.5. The zero-order chi connectivity index (χ0) is 25.2. The van der Waals surface area contributed by atoms with Crippen molar-refractivity contribution in [1.29, 1.82) is 0 Å². The minimum atomic E-state index is -0.189. The number of rotatable bonds is 5. The molecule has 1 aliphatic heterocycles. The maximum atomic E-state index is 12.7. The molecule has 0 radical (unpaired) electrons. The van der Waals surface area contributed by atoms with E-state index in [1.165, 1.54) is 0 Å². The average Bonchev–Trinajstić information content (AvgIpc) is 2.99. The first-order chi connectivity index (χ1) is 17.4. The maximum Gasteiger partial charge on any atom is 0.255 e. The van der Waals surface area contributed by atoms with Crippen LogP contribution in [0.25, 0.3) is 11.3 Å². The molecule has 0 saturated carbocycles. The number of amides is 2. The van der Waals surface area contributed by atoms with Crippen LogP contribution in [-0.4, -0.2) is 42.9 Å². The van der Waals surface area contributed by atoms with Gasteiger partial charge in [-0.05, 0) is 54.6 Å². The number of nitrogens with one attached hydrogen (secondary N) is 2. The predicted molar refractivity (Wildman–Crippen MR) is 143 cm³/mol. The normalized spacial score (nSPS) is 12.3. The van der Waals surface area contributed by atoms with Crippen LogP contribution >= 0.6 is 0 Å². The highest BCUT2D eigenvalue weighted by Gasteiger charge is 2.24. The Balaban J connectivity index is 1.32. The van der Waals surface area contributed by atoms with Gasteiger partial charge >= 0.3 is 0 Å². The molecule has 0 atom stereocenters. The summed E-state index contributed by atoms with van der Waals surface area (Å²) in [5.74, 6) is 0.220. The molecular weight excluding hydrogens is 452 g/mol. The predicted octanol–water partition coefficient (Wildman–Crippen LogP) is 4.72. The van der Waals surface area contributed by atoms with Crippen LogP contribution in [0.2, 0.25) is 0 Å². The standard InChI is InChI=1S/C28H26N6O2/c1-33(2)22-14-12-20(13-15-22)30-27(36)18-8-10-21(11-9-18)31-28-29-17-19-16-25(35)34(3)24-7-5-4-6-23(24)26(19)32-28/h4-15,17H,16H2,1-3H3,(H,30,36)(H,29,31,32). The Labute approximate surface area is 209 Å². The zero-order valence-corrected chi connectivity index (χ0v) is 20.3.